The Kier molecular flexibility index (Phi) is 2.89. The first kappa shape index (κ1) is 11.2. The van der Waals surface area contributed by atoms with E-state index in [-0.39, 0.29) is 5.82 Å². The average molecular weight is 234 g/mol. The molecule has 1 heterocycles. The first-order valence-corrected chi connectivity index (χ1v) is 6.48. The molecule has 0 saturated carbocycles. The summed E-state index contributed by atoms with van der Waals surface area (Å²) in [5, 5.41) is 3.32. The lowest BCUT2D eigenvalue weighted by atomic mass is 10.1. The number of nitrogens with one attached hydrogen (secondary N) is 1. The number of likely N-dealkylation sites (tertiary alicyclic amines) is 1. The summed E-state index contributed by atoms with van der Waals surface area (Å²) in [6, 6.07) is 6.39. The molecule has 3 heteroatoms. The molecular formula is C14H19FN2. The highest BCUT2D eigenvalue weighted by atomic mass is 19.1. The second-order valence-corrected chi connectivity index (χ2v) is 5.14. The summed E-state index contributed by atoms with van der Waals surface area (Å²) in [6.07, 6.45) is 3.28. The Bertz CT molecular complexity index is 419. The van der Waals surface area contributed by atoms with Crippen molar-refractivity contribution in [3.05, 3.63) is 35.1 Å². The number of hydrogen-bond acceptors (Lipinski definition) is 2. The van der Waals surface area contributed by atoms with E-state index >= 15 is 0 Å². The molecule has 2 unspecified atom stereocenters. The number of rotatable bonds is 2. The molecule has 0 spiro atoms. The van der Waals surface area contributed by atoms with Gasteiger partial charge in [-0.1, -0.05) is 12.1 Å². The van der Waals surface area contributed by atoms with Crippen molar-refractivity contribution in [2.45, 2.75) is 31.3 Å². The van der Waals surface area contributed by atoms with Gasteiger partial charge in [-0.15, -0.1) is 0 Å². The molecule has 1 aliphatic heterocycles. The average Bonchev–Trinajstić information content (AvgIpc) is 2.94. The smallest absolute Gasteiger partial charge is 0.128 e. The van der Waals surface area contributed by atoms with Crippen molar-refractivity contribution >= 4 is 0 Å². The number of aryl methyl sites for hydroxylation is 1. The highest BCUT2D eigenvalue weighted by Gasteiger charge is 2.34. The van der Waals surface area contributed by atoms with E-state index in [0.717, 1.165) is 31.5 Å². The lowest BCUT2D eigenvalue weighted by Crippen LogP contribution is -2.31. The summed E-state index contributed by atoms with van der Waals surface area (Å²) in [4.78, 5) is 2.44. The first-order valence-electron chi connectivity index (χ1n) is 6.48. The molecule has 2 atom stereocenters. The van der Waals surface area contributed by atoms with Gasteiger partial charge in [0.05, 0.1) is 0 Å². The zero-order valence-electron chi connectivity index (χ0n) is 10.2. The van der Waals surface area contributed by atoms with Crippen LogP contribution in [0.25, 0.3) is 0 Å². The molecule has 17 heavy (non-hydrogen) atoms. The maximum Gasteiger partial charge on any atom is 0.128 e. The van der Waals surface area contributed by atoms with Gasteiger partial charge < -0.3 is 5.32 Å². The molecule has 92 valence electrons. The molecule has 3 rings (SSSR count). The summed E-state index contributed by atoms with van der Waals surface area (Å²) in [5.41, 5.74) is 2.17. The molecule has 1 aromatic carbocycles. The van der Waals surface area contributed by atoms with E-state index in [1.807, 2.05) is 13.1 Å². The molecule has 1 aromatic rings. The zero-order chi connectivity index (χ0) is 11.8. The van der Waals surface area contributed by atoms with E-state index in [2.05, 4.69) is 16.3 Å². The lowest BCUT2D eigenvalue weighted by molar-refractivity contribution is 0.235. The van der Waals surface area contributed by atoms with E-state index in [1.165, 1.54) is 12.0 Å². The maximum atomic E-state index is 13.9. The summed E-state index contributed by atoms with van der Waals surface area (Å²) in [5.74, 6) is -0.0158. The summed E-state index contributed by atoms with van der Waals surface area (Å²) in [6.45, 7) is 2.14. The highest BCUT2D eigenvalue weighted by Crippen LogP contribution is 2.38. The number of nitrogens with zero attached hydrogens (tertiary/aromatic N) is 1. The number of halogens is 1. The van der Waals surface area contributed by atoms with Crippen molar-refractivity contribution in [3.63, 3.8) is 0 Å². The Morgan fingerprint density at radius 3 is 3.00 bits per heavy atom. The topological polar surface area (TPSA) is 15.3 Å². The summed E-state index contributed by atoms with van der Waals surface area (Å²) >= 11 is 0. The van der Waals surface area contributed by atoms with E-state index in [9.17, 15) is 4.39 Å². The Hall–Kier alpha value is -0.930. The Labute approximate surface area is 102 Å². The predicted octanol–water partition coefficient (Wildman–Crippen LogP) is 2.11. The van der Waals surface area contributed by atoms with Crippen LogP contribution < -0.4 is 5.32 Å². The molecule has 1 saturated heterocycles. The third kappa shape index (κ3) is 1.87. The quantitative estimate of drug-likeness (QED) is 0.843. The Morgan fingerprint density at radius 2 is 2.24 bits per heavy atom. The van der Waals surface area contributed by atoms with Gasteiger partial charge in [0.15, 0.2) is 0 Å². The molecule has 0 amide bonds. The van der Waals surface area contributed by atoms with E-state index < -0.39 is 0 Å². The SMILES string of the molecule is CNC1CCN(C2CCc3cccc(F)c32)C1. The minimum atomic E-state index is -0.0158. The molecule has 1 fully saturated rings. The fourth-order valence-electron chi connectivity index (χ4n) is 3.28. The van der Waals surface area contributed by atoms with Gasteiger partial charge in [-0.3, -0.25) is 4.90 Å². The molecular weight excluding hydrogens is 215 g/mol. The van der Waals surface area contributed by atoms with Crippen molar-refractivity contribution in [1.82, 2.24) is 10.2 Å². The van der Waals surface area contributed by atoms with Crippen LogP contribution in [0.1, 0.15) is 30.0 Å². The Morgan fingerprint density at radius 1 is 1.35 bits per heavy atom. The van der Waals surface area contributed by atoms with Gasteiger partial charge in [-0.2, -0.15) is 0 Å². The van der Waals surface area contributed by atoms with Gasteiger partial charge in [-0.25, -0.2) is 4.39 Å². The molecule has 2 nitrogen and oxygen atoms in total. The fourth-order valence-corrected chi connectivity index (χ4v) is 3.28. The van der Waals surface area contributed by atoms with Crippen LogP contribution in [-0.4, -0.2) is 31.1 Å². The predicted molar refractivity (Wildman–Crippen MR) is 66.5 cm³/mol. The fraction of sp³-hybridized carbons (Fsp3) is 0.571. The Balaban J connectivity index is 1.84. The van der Waals surface area contributed by atoms with Crippen molar-refractivity contribution in [1.29, 1.82) is 0 Å². The number of hydrogen-bond donors (Lipinski definition) is 1. The minimum Gasteiger partial charge on any atom is -0.316 e. The van der Waals surface area contributed by atoms with Gasteiger partial charge >= 0.3 is 0 Å². The number of benzene rings is 1. The summed E-state index contributed by atoms with van der Waals surface area (Å²) < 4.78 is 13.9. The van der Waals surface area contributed by atoms with Crippen molar-refractivity contribution in [2.75, 3.05) is 20.1 Å². The molecule has 1 aliphatic carbocycles. The van der Waals surface area contributed by atoms with Crippen LogP contribution in [0.2, 0.25) is 0 Å². The van der Waals surface area contributed by atoms with Gasteiger partial charge in [-0.05, 0) is 37.9 Å². The molecule has 1 N–H and O–H groups in total. The molecule has 0 radical (unpaired) electrons. The van der Waals surface area contributed by atoms with Crippen LogP contribution in [0, 0.1) is 5.82 Å². The third-order valence-corrected chi connectivity index (χ3v) is 4.23. The van der Waals surface area contributed by atoms with Gasteiger partial charge in [0, 0.05) is 30.7 Å². The van der Waals surface area contributed by atoms with Crippen LogP contribution in [0.15, 0.2) is 18.2 Å². The first-order chi connectivity index (χ1) is 8.29. The van der Waals surface area contributed by atoms with Gasteiger partial charge in [0.25, 0.3) is 0 Å². The summed E-state index contributed by atoms with van der Waals surface area (Å²) in [7, 11) is 2.01. The highest BCUT2D eigenvalue weighted by molar-refractivity contribution is 5.36. The normalized spacial score (nSPS) is 28.6. The van der Waals surface area contributed by atoms with Gasteiger partial charge in [0.2, 0.25) is 0 Å². The standard InChI is InChI=1S/C14H19FN2/c1-16-11-7-8-17(9-11)13-6-5-10-3-2-4-12(15)14(10)13/h2-4,11,13,16H,5-9H2,1H3. The second-order valence-electron chi connectivity index (χ2n) is 5.14. The van der Waals surface area contributed by atoms with Crippen LogP contribution in [-0.2, 0) is 6.42 Å². The zero-order valence-corrected chi connectivity index (χ0v) is 10.2. The van der Waals surface area contributed by atoms with Crippen molar-refractivity contribution in [2.24, 2.45) is 0 Å². The van der Waals surface area contributed by atoms with E-state index in [4.69, 9.17) is 0 Å². The van der Waals surface area contributed by atoms with Crippen LogP contribution in [0.4, 0.5) is 4.39 Å². The minimum absolute atomic E-state index is 0.0158. The number of likely N-dealkylation sites (N-methyl/N-ethyl adjacent to an activating group) is 1. The largest absolute Gasteiger partial charge is 0.316 e. The molecule has 2 aliphatic rings. The third-order valence-electron chi connectivity index (χ3n) is 4.23. The van der Waals surface area contributed by atoms with Crippen molar-refractivity contribution in [3.8, 4) is 0 Å². The van der Waals surface area contributed by atoms with E-state index in [1.54, 1.807) is 6.07 Å². The van der Waals surface area contributed by atoms with Crippen LogP contribution in [0.5, 0.6) is 0 Å². The van der Waals surface area contributed by atoms with Gasteiger partial charge in [0.1, 0.15) is 5.82 Å². The lowest BCUT2D eigenvalue weighted by Gasteiger charge is -2.25. The molecule has 0 aromatic heterocycles. The van der Waals surface area contributed by atoms with E-state index in [0.29, 0.717) is 12.1 Å². The monoisotopic (exact) mass is 234 g/mol. The number of fused-ring (bicyclic) bond motifs is 1. The van der Waals surface area contributed by atoms with Crippen LogP contribution >= 0.6 is 0 Å². The van der Waals surface area contributed by atoms with Crippen LogP contribution in [0.3, 0.4) is 0 Å². The van der Waals surface area contributed by atoms with Crippen molar-refractivity contribution < 1.29 is 4.39 Å². The second kappa shape index (κ2) is 4.39. The molecule has 0 bridgehead atoms. The maximum absolute atomic E-state index is 13.9.